The summed E-state index contributed by atoms with van der Waals surface area (Å²) in [5, 5.41) is 3.55. The quantitative estimate of drug-likeness (QED) is 0.896. The number of hydrogen-bond donors (Lipinski definition) is 2. The molecule has 3 N–H and O–H groups in total. The molecule has 0 aromatic carbocycles. The summed E-state index contributed by atoms with van der Waals surface area (Å²) in [7, 11) is 0. The fraction of sp³-hybridized carbons (Fsp3) is 0.308. The van der Waals surface area contributed by atoms with Crippen LogP contribution in [-0.4, -0.2) is 22.4 Å². The van der Waals surface area contributed by atoms with Gasteiger partial charge in [0.1, 0.15) is 15.7 Å². The topological polar surface area (TPSA) is 80.9 Å². The summed E-state index contributed by atoms with van der Waals surface area (Å²) >= 11 is 1.28. The Kier molecular flexibility index (Phi) is 4.11. The van der Waals surface area contributed by atoms with Crippen LogP contribution in [0.1, 0.15) is 23.5 Å². The molecule has 0 aliphatic rings. The maximum Gasteiger partial charge on any atom is 0.265 e. The second kappa shape index (κ2) is 5.79. The number of rotatable bonds is 4. The number of hydrogen-bond acceptors (Lipinski definition) is 5. The van der Waals surface area contributed by atoms with Crippen molar-refractivity contribution in [1.29, 1.82) is 0 Å². The molecule has 19 heavy (non-hydrogen) atoms. The molecule has 0 spiro atoms. The van der Waals surface area contributed by atoms with E-state index in [0.717, 1.165) is 5.56 Å². The first-order valence-corrected chi connectivity index (χ1v) is 6.84. The Morgan fingerprint density at radius 2 is 2.32 bits per heavy atom. The molecule has 0 bridgehead atoms. The number of nitrogens with one attached hydrogen (secondary N) is 1. The minimum absolute atomic E-state index is 0.168. The van der Waals surface area contributed by atoms with Crippen LogP contribution in [0.3, 0.4) is 0 Å². The van der Waals surface area contributed by atoms with Gasteiger partial charge in [0.2, 0.25) is 0 Å². The number of anilines is 1. The van der Waals surface area contributed by atoms with Gasteiger partial charge in [-0.25, -0.2) is 4.98 Å². The molecule has 100 valence electrons. The zero-order valence-corrected chi connectivity index (χ0v) is 11.7. The van der Waals surface area contributed by atoms with Gasteiger partial charge in [0, 0.05) is 24.5 Å². The molecular weight excluding hydrogens is 260 g/mol. The highest BCUT2D eigenvalue weighted by Gasteiger charge is 2.16. The van der Waals surface area contributed by atoms with Gasteiger partial charge in [-0.3, -0.25) is 9.78 Å². The van der Waals surface area contributed by atoms with Crippen molar-refractivity contribution in [3.05, 3.63) is 29.4 Å². The minimum Gasteiger partial charge on any atom is -0.382 e. The molecule has 6 heteroatoms. The number of nitrogens with two attached hydrogens (primary N) is 1. The molecule has 2 rings (SSSR count). The van der Waals surface area contributed by atoms with Gasteiger partial charge in [0.05, 0.1) is 0 Å². The van der Waals surface area contributed by atoms with Gasteiger partial charge < -0.3 is 11.1 Å². The summed E-state index contributed by atoms with van der Waals surface area (Å²) in [5.41, 5.74) is 6.67. The molecular formula is C13H16N4OS. The van der Waals surface area contributed by atoms with Crippen LogP contribution in [0.4, 0.5) is 5.82 Å². The lowest BCUT2D eigenvalue weighted by molar-refractivity contribution is 0.0953. The molecule has 0 saturated carbocycles. The Hall–Kier alpha value is -1.95. The monoisotopic (exact) mass is 276 g/mol. The molecule has 0 radical (unpaired) electrons. The van der Waals surface area contributed by atoms with Crippen LogP contribution in [0, 0.1) is 5.92 Å². The van der Waals surface area contributed by atoms with E-state index in [4.69, 9.17) is 5.73 Å². The summed E-state index contributed by atoms with van der Waals surface area (Å²) < 4.78 is 0. The van der Waals surface area contributed by atoms with Crippen molar-refractivity contribution in [2.24, 2.45) is 5.92 Å². The van der Waals surface area contributed by atoms with Gasteiger partial charge in [-0.1, -0.05) is 13.8 Å². The van der Waals surface area contributed by atoms with Crippen molar-refractivity contribution >= 4 is 23.1 Å². The number of thiazole rings is 1. The predicted molar refractivity (Wildman–Crippen MR) is 76.9 cm³/mol. The van der Waals surface area contributed by atoms with E-state index in [2.05, 4.69) is 15.3 Å². The van der Waals surface area contributed by atoms with Crippen LogP contribution < -0.4 is 11.1 Å². The second-order valence-corrected chi connectivity index (χ2v) is 5.58. The first kappa shape index (κ1) is 13.5. The van der Waals surface area contributed by atoms with E-state index in [1.807, 2.05) is 26.0 Å². The molecule has 0 aliphatic carbocycles. The average Bonchev–Trinajstić information content (AvgIpc) is 2.79. The first-order valence-electron chi connectivity index (χ1n) is 6.03. The molecule has 1 amide bonds. The van der Waals surface area contributed by atoms with E-state index < -0.39 is 0 Å². The van der Waals surface area contributed by atoms with Gasteiger partial charge in [0.25, 0.3) is 5.91 Å². The van der Waals surface area contributed by atoms with Gasteiger partial charge in [-0.2, -0.15) is 0 Å². The Labute approximate surface area is 115 Å². The molecule has 2 aromatic rings. The molecule has 0 fully saturated rings. The van der Waals surface area contributed by atoms with Crippen molar-refractivity contribution < 1.29 is 4.79 Å². The maximum atomic E-state index is 12.0. The van der Waals surface area contributed by atoms with E-state index in [1.165, 1.54) is 11.3 Å². The Morgan fingerprint density at radius 3 is 2.95 bits per heavy atom. The summed E-state index contributed by atoms with van der Waals surface area (Å²) in [6.07, 6.45) is 3.39. The molecule has 2 aromatic heterocycles. The number of nitrogen functional groups attached to an aromatic ring is 1. The van der Waals surface area contributed by atoms with E-state index in [-0.39, 0.29) is 11.7 Å². The first-order chi connectivity index (χ1) is 9.08. The number of pyridine rings is 1. The number of carbonyl (C=O) groups is 1. The highest BCUT2D eigenvalue weighted by atomic mass is 32.1. The van der Waals surface area contributed by atoms with E-state index in [9.17, 15) is 4.79 Å². The predicted octanol–water partition coefficient (Wildman–Crippen LogP) is 2.17. The van der Waals surface area contributed by atoms with Crippen LogP contribution in [0.15, 0.2) is 24.5 Å². The Balaban J connectivity index is 2.20. The van der Waals surface area contributed by atoms with Gasteiger partial charge in [-0.15, -0.1) is 11.3 Å². The molecule has 5 nitrogen and oxygen atoms in total. The zero-order valence-electron chi connectivity index (χ0n) is 10.9. The maximum absolute atomic E-state index is 12.0. The number of nitrogens with zero attached hydrogens (tertiary/aromatic N) is 2. The number of amides is 1. The lowest BCUT2D eigenvalue weighted by Gasteiger charge is -2.05. The average molecular weight is 276 g/mol. The summed E-state index contributed by atoms with van der Waals surface area (Å²) in [6, 6.07) is 3.71. The van der Waals surface area contributed by atoms with E-state index >= 15 is 0 Å². The summed E-state index contributed by atoms with van der Waals surface area (Å²) in [6.45, 7) is 4.70. The minimum atomic E-state index is -0.168. The lowest BCUT2D eigenvalue weighted by Crippen LogP contribution is -2.27. The zero-order chi connectivity index (χ0) is 13.8. The third-order valence-electron chi connectivity index (χ3n) is 2.44. The van der Waals surface area contributed by atoms with Crippen molar-refractivity contribution in [1.82, 2.24) is 15.3 Å². The third-order valence-corrected chi connectivity index (χ3v) is 3.56. The fourth-order valence-corrected chi connectivity index (χ4v) is 2.38. The Morgan fingerprint density at radius 1 is 1.53 bits per heavy atom. The highest BCUT2D eigenvalue weighted by Crippen LogP contribution is 2.28. The number of carbonyl (C=O) groups excluding carboxylic acids is 1. The van der Waals surface area contributed by atoms with Crippen molar-refractivity contribution in [3.8, 4) is 10.6 Å². The van der Waals surface area contributed by atoms with Crippen LogP contribution in [0.2, 0.25) is 0 Å². The van der Waals surface area contributed by atoms with E-state index in [1.54, 1.807) is 12.4 Å². The van der Waals surface area contributed by atoms with Crippen LogP contribution >= 0.6 is 11.3 Å². The summed E-state index contributed by atoms with van der Waals surface area (Å²) in [4.78, 5) is 20.7. The van der Waals surface area contributed by atoms with Crippen LogP contribution in [0.5, 0.6) is 0 Å². The molecule has 0 atom stereocenters. The van der Waals surface area contributed by atoms with Crippen molar-refractivity contribution in [2.75, 3.05) is 12.3 Å². The van der Waals surface area contributed by atoms with Crippen LogP contribution in [-0.2, 0) is 0 Å². The smallest absolute Gasteiger partial charge is 0.265 e. The molecule has 0 saturated heterocycles. The van der Waals surface area contributed by atoms with Gasteiger partial charge in [-0.05, 0) is 18.1 Å². The molecule has 0 unspecified atom stereocenters. The summed E-state index contributed by atoms with van der Waals surface area (Å²) in [5.74, 6) is 0.500. The second-order valence-electron chi connectivity index (χ2n) is 4.58. The van der Waals surface area contributed by atoms with Gasteiger partial charge in [0.15, 0.2) is 0 Å². The number of aromatic nitrogens is 2. The molecule has 0 aliphatic heterocycles. The third kappa shape index (κ3) is 3.29. The lowest BCUT2D eigenvalue weighted by atomic mass is 10.2. The van der Waals surface area contributed by atoms with Crippen molar-refractivity contribution in [3.63, 3.8) is 0 Å². The standard InChI is InChI=1S/C13H16N4OS/c1-8(2)6-16-12(18)10-11(14)17-13(19-10)9-4-3-5-15-7-9/h3-5,7-8H,6,14H2,1-2H3,(H,16,18). The van der Waals surface area contributed by atoms with E-state index in [0.29, 0.717) is 22.3 Å². The van der Waals surface area contributed by atoms with Crippen LogP contribution in [0.25, 0.3) is 10.6 Å². The molecule has 2 heterocycles. The fourth-order valence-electron chi connectivity index (χ4n) is 1.48. The SMILES string of the molecule is CC(C)CNC(=O)c1sc(-c2cccnc2)nc1N. The Bertz CT molecular complexity index is 565. The highest BCUT2D eigenvalue weighted by molar-refractivity contribution is 7.17. The normalized spacial score (nSPS) is 10.7. The van der Waals surface area contributed by atoms with Gasteiger partial charge >= 0.3 is 0 Å². The largest absolute Gasteiger partial charge is 0.382 e. The van der Waals surface area contributed by atoms with Crippen molar-refractivity contribution in [2.45, 2.75) is 13.8 Å².